The van der Waals surface area contributed by atoms with Crippen LogP contribution >= 0.6 is 0 Å². The van der Waals surface area contributed by atoms with Gasteiger partial charge in [-0.3, -0.25) is 14.4 Å². The molecule has 5 nitrogen and oxygen atoms in total. The van der Waals surface area contributed by atoms with Crippen molar-refractivity contribution in [3.63, 3.8) is 0 Å². The maximum Gasteiger partial charge on any atom is 0.303 e. The second kappa shape index (κ2) is 9.67. The SMILES string of the molecule is Cc1cc(C)c(C(=O)CCCC(=O)N2CCCC(CCC(=O)O)C2)c(C)c1. The van der Waals surface area contributed by atoms with Gasteiger partial charge in [0, 0.05) is 37.9 Å². The third-order valence-corrected chi connectivity index (χ3v) is 5.39. The van der Waals surface area contributed by atoms with E-state index < -0.39 is 5.97 Å². The monoisotopic (exact) mass is 373 g/mol. The summed E-state index contributed by atoms with van der Waals surface area (Å²) in [6, 6.07) is 4.05. The first-order chi connectivity index (χ1) is 12.8. The third-order valence-electron chi connectivity index (χ3n) is 5.39. The van der Waals surface area contributed by atoms with Gasteiger partial charge in [0.15, 0.2) is 5.78 Å². The zero-order valence-corrected chi connectivity index (χ0v) is 16.7. The minimum absolute atomic E-state index is 0.0835. The number of carbonyl (C=O) groups is 3. The number of likely N-dealkylation sites (tertiary alicyclic amines) is 1. The number of Topliss-reactive ketones (excluding diaryl/α,β-unsaturated/α-hetero) is 1. The lowest BCUT2D eigenvalue weighted by atomic mass is 9.92. The summed E-state index contributed by atoms with van der Waals surface area (Å²) in [4.78, 5) is 37.6. The highest BCUT2D eigenvalue weighted by molar-refractivity contribution is 5.99. The summed E-state index contributed by atoms with van der Waals surface area (Å²) in [6.45, 7) is 7.34. The van der Waals surface area contributed by atoms with Crippen LogP contribution < -0.4 is 0 Å². The van der Waals surface area contributed by atoms with Crippen LogP contribution in [-0.4, -0.2) is 40.8 Å². The number of hydrogen-bond acceptors (Lipinski definition) is 3. The number of rotatable bonds is 8. The summed E-state index contributed by atoms with van der Waals surface area (Å²) in [5.41, 5.74) is 3.95. The number of nitrogens with zero attached hydrogens (tertiary/aromatic N) is 1. The Bertz CT molecular complexity index is 687. The number of aliphatic carboxylic acids is 1. The fraction of sp³-hybridized carbons (Fsp3) is 0.591. The van der Waals surface area contributed by atoms with E-state index in [1.54, 1.807) is 0 Å². The van der Waals surface area contributed by atoms with Crippen LogP contribution in [0.1, 0.15) is 72.0 Å². The Kier molecular flexibility index (Phi) is 7.57. The van der Waals surface area contributed by atoms with Crippen molar-refractivity contribution in [1.29, 1.82) is 0 Å². The molecule has 1 fully saturated rings. The largest absolute Gasteiger partial charge is 0.481 e. The number of piperidine rings is 1. The van der Waals surface area contributed by atoms with Crippen molar-refractivity contribution in [2.24, 2.45) is 5.92 Å². The number of hydrogen-bond donors (Lipinski definition) is 1. The van der Waals surface area contributed by atoms with Crippen LogP contribution in [0.5, 0.6) is 0 Å². The quantitative estimate of drug-likeness (QED) is 0.697. The topological polar surface area (TPSA) is 74.7 Å². The van der Waals surface area contributed by atoms with E-state index in [-0.39, 0.29) is 24.0 Å². The summed E-state index contributed by atoms with van der Waals surface area (Å²) in [6.07, 6.45) is 4.02. The maximum atomic E-state index is 12.6. The summed E-state index contributed by atoms with van der Waals surface area (Å²) >= 11 is 0. The first kappa shape index (κ1) is 21.1. The molecule has 148 valence electrons. The lowest BCUT2D eigenvalue weighted by Crippen LogP contribution is -2.40. The highest BCUT2D eigenvalue weighted by Crippen LogP contribution is 2.23. The molecule has 0 aromatic heterocycles. The Labute approximate surface area is 161 Å². The van der Waals surface area contributed by atoms with Gasteiger partial charge in [0.25, 0.3) is 0 Å². The molecule has 2 rings (SSSR count). The zero-order valence-electron chi connectivity index (χ0n) is 16.7. The molecule has 0 aliphatic carbocycles. The Morgan fingerprint density at radius 1 is 1.07 bits per heavy atom. The maximum absolute atomic E-state index is 12.6. The van der Waals surface area contributed by atoms with Gasteiger partial charge in [-0.2, -0.15) is 0 Å². The minimum atomic E-state index is -0.779. The van der Waals surface area contributed by atoms with Gasteiger partial charge >= 0.3 is 5.97 Å². The molecule has 1 N–H and O–H groups in total. The average Bonchev–Trinajstić information content (AvgIpc) is 2.59. The fourth-order valence-corrected chi connectivity index (χ4v) is 4.16. The number of amides is 1. The van der Waals surface area contributed by atoms with Crippen LogP contribution in [0.2, 0.25) is 0 Å². The van der Waals surface area contributed by atoms with Crippen LogP contribution in [0, 0.1) is 26.7 Å². The molecule has 5 heteroatoms. The van der Waals surface area contributed by atoms with Gasteiger partial charge in [-0.1, -0.05) is 17.7 Å². The minimum Gasteiger partial charge on any atom is -0.481 e. The molecule has 1 unspecified atom stereocenters. The van der Waals surface area contributed by atoms with Crippen molar-refractivity contribution in [1.82, 2.24) is 4.90 Å². The molecule has 0 radical (unpaired) electrons. The lowest BCUT2D eigenvalue weighted by molar-refractivity contribution is -0.137. The van der Waals surface area contributed by atoms with Gasteiger partial charge in [0.1, 0.15) is 0 Å². The highest BCUT2D eigenvalue weighted by atomic mass is 16.4. The van der Waals surface area contributed by atoms with Gasteiger partial charge in [0.05, 0.1) is 0 Å². The van der Waals surface area contributed by atoms with Crippen molar-refractivity contribution in [3.8, 4) is 0 Å². The predicted octanol–water partition coefficient (Wildman–Crippen LogP) is 4.07. The summed E-state index contributed by atoms with van der Waals surface area (Å²) < 4.78 is 0. The lowest BCUT2D eigenvalue weighted by Gasteiger charge is -2.32. The van der Waals surface area contributed by atoms with E-state index in [9.17, 15) is 14.4 Å². The molecular weight excluding hydrogens is 342 g/mol. The summed E-state index contributed by atoms with van der Waals surface area (Å²) in [7, 11) is 0. The Morgan fingerprint density at radius 3 is 2.37 bits per heavy atom. The first-order valence-electron chi connectivity index (χ1n) is 9.88. The molecule has 27 heavy (non-hydrogen) atoms. The molecule has 1 aliphatic heterocycles. The molecule has 0 spiro atoms. The van der Waals surface area contributed by atoms with E-state index in [1.807, 2.05) is 37.8 Å². The van der Waals surface area contributed by atoms with E-state index in [0.29, 0.717) is 32.2 Å². The third kappa shape index (κ3) is 6.19. The second-order valence-corrected chi connectivity index (χ2v) is 7.83. The summed E-state index contributed by atoms with van der Waals surface area (Å²) in [5, 5.41) is 8.82. The van der Waals surface area contributed by atoms with Crippen LogP contribution in [0.3, 0.4) is 0 Å². The number of carboxylic acids is 1. The molecule has 1 amide bonds. The van der Waals surface area contributed by atoms with Crippen LogP contribution in [0.4, 0.5) is 0 Å². The first-order valence-corrected chi connectivity index (χ1v) is 9.88. The normalized spacial score (nSPS) is 17.0. The number of carboxylic acid groups (broad SMARTS) is 1. The van der Waals surface area contributed by atoms with Crippen molar-refractivity contribution in [2.45, 2.75) is 65.7 Å². The van der Waals surface area contributed by atoms with Gasteiger partial charge in [0.2, 0.25) is 5.91 Å². The van der Waals surface area contributed by atoms with Gasteiger partial charge in [-0.25, -0.2) is 0 Å². The number of aryl methyl sites for hydroxylation is 3. The Balaban J connectivity index is 1.82. The molecule has 1 saturated heterocycles. The van der Waals surface area contributed by atoms with Crippen LogP contribution in [0.15, 0.2) is 12.1 Å². The zero-order chi connectivity index (χ0) is 20.0. The molecule has 1 atom stereocenters. The number of carbonyl (C=O) groups excluding carboxylic acids is 2. The molecule has 1 heterocycles. The predicted molar refractivity (Wildman–Crippen MR) is 105 cm³/mol. The smallest absolute Gasteiger partial charge is 0.303 e. The fourth-order valence-electron chi connectivity index (χ4n) is 4.16. The molecule has 1 aromatic rings. The van der Waals surface area contributed by atoms with E-state index >= 15 is 0 Å². The molecular formula is C22H31NO4. The summed E-state index contributed by atoms with van der Waals surface area (Å²) in [5.74, 6) is -0.312. The Morgan fingerprint density at radius 2 is 1.74 bits per heavy atom. The second-order valence-electron chi connectivity index (χ2n) is 7.83. The molecule has 0 bridgehead atoms. The highest BCUT2D eigenvalue weighted by Gasteiger charge is 2.24. The van der Waals surface area contributed by atoms with Crippen LogP contribution in [-0.2, 0) is 9.59 Å². The average molecular weight is 373 g/mol. The molecule has 0 saturated carbocycles. The Hall–Kier alpha value is -2.17. The van der Waals surface area contributed by atoms with E-state index in [1.165, 1.54) is 0 Å². The molecule has 1 aliphatic rings. The van der Waals surface area contributed by atoms with Crippen molar-refractivity contribution in [3.05, 3.63) is 34.4 Å². The van der Waals surface area contributed by atoms with Gasteiger partial charge in [-0.05, 0) is 63.5 Å². The van der Waals surface area contributed by atoms with E-state index in [0.717, 1.165) is 41.6 Å². The standard InChI is InChI=1S/C22H31NO4/c1-15-12-16(2)22(17(3)13-15)19(24)7-4-8-20(25)23-11-5-6-18(14-23)9-10-21(26)27/h12-13,18H,4-11,14H2,1-3H3,(H,26,27). The van der Waals surface area contributed by atoms with Gasteiger partial charge < -0.3 is 10.0 Å². The number of ketones is 1. The van der Waals surface area contributed by atoms with Gasteiger partial charge in [-0.15, -0.1) is 0 Å². The number of benzene rings is 1. The van der Waals surface area contributed by atoms with Crippen molar-refractivity contribution >= 4 is 17.7 Å². The van der Waals surface area contributed by atoms with Crippen LogP contribution in [0.25, 0.3) is 0 Å². The van der Waals surface area contributed by atoms with Crippen molar-refractivity contribution in [2.75, 3.05) is 13.1 Å². The molecule has 1 aromatic carbocycles. The van der Waals surface area contributed by atoms with Crippen molar-refractivity contribution < 1.29 is 19.5 Å². The van der Waals surface area contributed by atoms with E-state index in [2.05, 4.69) is 0 Å². The van der Waals surface area contributed by atoms with E-state index in [4.69, 9.17) is 5.11 Å².